The molecule has 1 fully saturated rings. The van der Waals surface area contributed by atoms with E-state index in [4.69, 9.17) is 0 Å². The molecule has 1 N–H and O–H groups in total. The zero-order valence-electron chi connectivity index (χ0n) is 18.6. The molecule has 0 saturated carbocycles. The molecule has 1 amide bonds. The Kier molecular flexibility index (Phi) is 7.86. The van der Waals surface area contributed by atoms with Gasteiger partial charge in [-0.1, -0.05) is 61.9 Å². The summed E-state index contributed by atoms with van der Waals surface area (Å²) < 4.78 is 27.7. The average molecular weight is 444 g/mol. The number of aryl methyl sites for hydroxylation is 1. The molecular weight excluding hydrogens is 410 g/mol. The molecule has 2 aromatic rings. The predicted octanol–water partition coefficient (Wildman–Crippen LogP) is 3.35. The van der Waals surface area contributed by atoms with Crippen LogP contribution in [0.3, 0.4) is 0 Å². The van der Waals surface area contributed by atoms with Gasteiger partial charge in [-0.15, -0.1) is 0 Å². The predicted molar refractivity (Wildman–Crippen MR) is 123 cm³/mol. The fraction of sp³-hybridized carbons (Fsp3) is 0.458. The van der Waals surface area contributed by atoms with Crippen molar-refractivity contribution >= 4 is 15.9 Å². The number of carbonyl (C=O) groups excluding carboxylic acids is 1. The Labute approximate surface area is 186 Å². The SMILES string of the molecule is CCN(CC)C(CNC(=O)[C@@H]1CCCN1S(=O)(=O)c1ccc(C)cc1)c1ccccc1. The van der Waals surface area contributed by atoms with E-state index in [0.29, 0.717) is 25.9 Å². The van der Waals surface area contributed by atoms with Crippen molar-refractivity contribution in [1.82, 2.24) is 14.5 Å². The molecule has 0 spiro atoms. The molecule has 31 heavy (non-hydrogen) atoms. The maximum atomic E-state index is 13.2. The topological polar surface area (TPSA) is 69.7 Å². The summed E-state index contributed by atoms with van der Waals surface area (Å²) in [7, 11) is -3.70. The highest BCUT2D eigenvalue weighted by Crippen LogP contribution is 2.27. The number of carbonyl (C=O) groups is 1. The number of sulfonamides is 1. The minimum absolute atomic E-state index is 0.0451. The lowest BCUT2D eigenvalue weighted by atomic mass is 10.0. The van der Waals surface area contributed by atoms with Crippen LogP contribution in [-0.4, -0.2) is 55.8 Å². The second-order valence-corrected chi connectivity index (χ2v) is 9.87. The highest BCUT2D eigenvalue weighted by atomic mass is 32.2. The molecule has 1 aliphatic heterocycles. The fourth-order valence-corrected chi connectivity index (χ4v) is 5.90. The summed E-state index contributed by atoms with van der Waals surface area (Å²) in [5.41, 5.74) is 2.14. The molecule has 0 aromatic heterocycles. The van der Waals surface area contributed by atoms with Gasteiger partial charge in [-0.25, -0.2) is 8.42 Å². The number of hydrogen-bond donors (Lipinski definition) is 1. The Morgan fingerprint density at radius 2 is 1.74 bits per heavy atom. The Bertz CT molecular complexity index is 957. The smallest absolute Gasteiger partial charge is 0.243 e. The van der Waals surface area contributed by atoms with E-state index in [1.807, 2.05) is 25.1 Å². The normalized spacial score (nSPS) is 18.3. The molecule has 0 bridgehead atoms. The summed E-state index contributed by atoms with van der Waals surface area (Å²) in [5.74, 6) is -0.221. The summed E-state index contributed by atoms with van der Waals surface area (Å²) in [5, 5.41) is 3.05. The Balaban J connectivity index is 1.74. The third kappa shape index (κ3) is 5.34. The van der Waals surface area contributed by atoms with Gasteiger partial charge in [-0.3, -0.25) is 9.69 Å². The Morgan fingerprint density at radius 1 is 1.10 bits per heavy atom. The monoisotopic (exact) mass is 443 g/mol. The number of benzene rings is 2. The van der Waals surface area contributed by atoms with Gasteiger partial charge in [0.15, 0.2) is 0 Å². The quantitative estimate of drug-likeness (QED) is 0.645. The molecule has 0 radical (unpaired) electrons. The van der Waals surface area contributed by atoms with Gasteiger partial charge in [0.2, 0.25) is 15.9 Å². The van der Waals surface area contributed by atoms with Gasteiger partial charge in [-0.2, -0.15) is 4.31 Å². The van der Waals surface area contributed by atoms with Gasteiger partial charge in [0, 0.05) is 13.1 Å². The van der Waals surface area contributed by atoms with E-state index in [9.17, 15) is 13.2 Å². The molecule has 1 heterocycles. The molecule has 2 atom stereocenters. The summed E-state index contributed by atoms with van der Waals surface area (Å²) in [6.07, 6.45) is 1.22. The fourth-order valence-electron chi connectivity index (χ4n) is 4.25. The van der Waals surface area contributed by atoms with Crippen molar-refractivity contribution in [2.24, 2.45) is 0 Å². The van der Waals surface area contributed by atoms with Crippen molar-refractivity contribution in [3.63, 3.8) is 0 Å². The van der Waals surface area contributed by atoms with Crippen molar-refractivity contribution in [2.45, 2.75) is 50.6 Å². The second kappa shape index (κ2) is 10.4. The van der Waals surface area contributed by atoms with E-state index >= 15 is 0 Å². The largest absolute Gasteiger partial charge is 0.353 e. The highest BCUT2D eigenvalue weighted by Gasteiger charge is 2.39. The van der Waals surface area contributed by atoms with Crippen LogP contribution < -0.4 is 5.32 Å². The van der Waals surface area contributed by atoms with Gasteiger partial charge in [0.1, 0.15) is 6.04 Å². The van der Waals surface area contributed by atoms with Crippen LogP contribution in [0.15, 0.2) is 59.5 Å². The van der Waals surface area contributed by atoms with Crippen molar-refractivity contribution in [2.75, 3.05) is 26.2 Å². The lowest BCUT2D eigenvalue weighted by molar-refractivity contribution is -0.124. The minimum Gasteiger partial charge on any atom is -0.353 e. The van der Waals surface area contributed by atoms with Gasteiger partial charge in [0.25, 0.3) is 0 Å². The first kappa shape index (κ1) is 23.4. The van der Waals surface area contributed by atoms with Crippen LogP contribution in [0.2, 0.25) is 0 Å². The summed E-state index contributed by atoms with van der Waals surface area (Å²) >= 11 is 0. The maximum absolute atomic E-state index is 13.2. The van der Waals surface area contributed by atoms with Crippen molar-refractivity contribution in [1.29, 1.82) is 0 Å². The van der Waals surface area contributed by atoms with E-state index in [0.717, 1.165) is 24.2 Å². The maximum Gasteiger partial charge on any atom is 0.243 e. The molecule has 1 aliphatic rings. The summed E-state index contributed by atoms with van der Waals surface area (Å²) in [6.45, 7) is 8.67. The molecule has 1 unspecified atom stereocenters. The van der Waals surface area contributed by atoms with Crippen LogP contribution in [0.1, 0.15) is 43.9 Å². The van der Waals surface area contributed by atoms with Gasteiger partial charge in [-0.05, 0) is 50.6 Å². The number of amides is 1. The van der Waals surface area contributed by atoms with Crippen LogP contribution in [-0.2, 0) is 14.8 Å². The minimum atomic E-state index is -3.70. The number of nitrogens with zero attached hydrogens (tertiary/aromatic N) is 2. The van der Waals surface area contributed by atoms with Crippen LogP contribution in [0.4, 0.5) is 0 Å². The number of likely N-dealkylation sites (N-methyl/N-ethyl adjacent to an activating group) is 1. The lowest BCUT2D eigenvalue weighted by Crippen LogP contribution is -2.48. The van der Waals surface area contributed by atoms with Crippen molar-refractivity contribution in [3.05, 3.63) is 65.7 Å². The molecule has 3 rings (SSSR count). The van der Waals surface area contributed by atoms with Gasteiger partial charge >= 0.3 is 0 Å². The van der Waals surface area contributed by atoms with Crippen LogP contribution in [0.25, 0.3) is 0 Å². The van der Waals surface area contributed by atoms with Gasteiger partial charge < -0.3 is 5.32 Å². The van der Waals surface area contributed by atoms with E-state index in [1.54, 1.807) is 24.3 Å². The van der Waals surface area contributed by atoms with Crippen LogP contribution in [0.5, 0.6) is 0 Å². The summed E-state index contributed by atoms with van der Waals surface area (Å²) in [6, 6.07) is 16.3. The number of hydrogen-bond acceptors (Lipinski definition) is 4. The third-order valence-corrected chi connectivity index (χ3v) is 7.96. The van der Waals surface area contributed by atoms with E-state index < -0.39 is 16.1 Å². The molecule has 6 nitrogen and oxygen atoms in total. The lowest BCUT2D eigenvalue weighted by Gasteiger charge is -2.31. The molecule has 168 valence electrons. The zero-order valence-corrected chi connectivity index (χ0v) is 19.4. The average Bonchev–Trinajstić information content (AvgIpc) is 3.28. The first-order chi connectivity index (χ1) is 14.9. The first-order valence-electron chi connectivity index (χ1n) is 11.0. The third-order valence-electron chi connectivity index (χ3n) is 6.04. The Morgan fingerprint density at radius 3 is 2.35 bits per heavy atom. The molecule has 1 saturated heterocycles. The van der Waals surface area contributed by atoms with E-state index in [-0.39, 0.29) is 16.8 Å². The van der Waals surface area contributed by atoms with Crippen LogP contribution >= 0.6 is 0 Å². The highest BCUT2D eigenvalue weighted by molar-refractivity contribution is 7.89. The number of nitrogens with one attached hydrogen (secondary N) is 1. The van der Waals surface area contributed by atoms with Crippen molar-refractivity contribution < 1.29 is 13.2 Å². The summed E-state index contributed by atoms with van der Waals surface area (Å²) in [4.78, 5) is 15.6. The second-order valence-electron chi connectivity index (χ2n) is 7.98. The van der Waals surface area contributed by atoms with E-state index in [2.05, 4.69) is 36.2 Å². The standard InChI is InChI=1S/C24H33N3O3S/c1-4-26(5-2)23(20-10-7-6-8-11-20)18-25-24(28)22-12-9-17-27(22)31(29,30)21-15-13-19(3)14-16-21/h6-8,10-11,13-16,22-23H,4-5,9,12,17-18H2,1-3H3,(H,25,28)/t22-,23?/m0/s1. The van der Waals surface area contributed by atoms with E-state index in [1.165, 1.54) is 4.31 Å². The Hall–Kier alpha value is -2.22. The molecular formula is C24H33N3O3S. The van der Waals surface area contributed by atoms with Gasteiger partial charge in [0.05, 0.1) is 10.9 Å². The molecule has 2 aromatic carbocycles. The number of rotatable bonds is 9. The molecule has 7 heteroatoms. The zero-order chi connectivity index (χ0) is 22.4. The molecule has 0 aliphatic carbocycles. The van der Waals surface area contributed by atoms with Crippen molar-refractivity contribution in [3.8, 4) is 0 Å². The first-order valence-corrected chi connectivity index (χ1v) is 12.5. The van der Waals surface area contributed by atoms with Crippen LogP contribution in [0, 0.1) is 6.92 Å².